The van der Waals surface area contributed by atoms with Crippen LogP contribution in [-0.4, -0.2) is 95.1 Å². The van der Waals surface area contributed by atoms with Crippen LogP contribution in [0.25, 0.3) is 0 Å². The number of aryl methyl sites for hydroxylation is 2. The van der Waals surface area contributed by atoms with E-state index in [1.807, 2.05) is 13.8 Å². The summed E-state index contributed by atoms with van der Waals surface area (Å²) < 4.78 is 88.3. The van der Waals surface area contributed by atoms with Crippen molar-refractivity contribution in [3.05, 3.63) is 85.0 Å². The molecule has 0 spiro atoms. The number of hydrogen-bond donors (Lipinski definition) is 0. The van der Waals surface area contributed by atoms with Crippen molar-refractivity contribution in [3.63, 3.8) is 0 Å². The van der Waals surface area contributed by atoms with Crippen molar-refractivity contribution in [1.29, 1.82) is 0 Å². The molecule has 11 nitrogen and oxygen atoms in total. The molecule has 0 saturated carbocycles. The predicted molar refractivity (Wildman–Crippen MR) is 161 cm³/mol. The third kappa shape index (κ3) is 14.7. The summed E-state index contributed by atoms with van der Waals surface area (Å²) in [5, 5.41) is 0. The Hall–Kier alpha value is -2.46. The third-order valence-corrected chi connectivity index (χ3v) is 8.27. The standard InChI is InChI=1S/C30H42O11S2/c1-5-15-36-21-27(23-40-42(31,32)29-11-7-25(3)8-12-29)38-19-17-35-18-20-39-28(22-37-16-6-2)24-41-43(33,34)30-13-9-26(4)10-14-30/h5-14,27-28H,1-2,15-24H2,3-4H3/t27-,28-/m1/s1. The molecular weight excluding hydrogens is 600 g/mol. The fourth-order valence-electron chi connectivity index (χ4n) is 3.38. The molecule has 0 aromatic heterocycles. The molecule has 2 aromatic rings. The lowest BCUT2D eigenvalue weighted by atomic mass is 10.2. The van der Waals surface area contributed by atoms with E-state index in [4.69, 9.17) is 32.1 Å². The zero-order valence-electron chi connectivity index (χ0n) is 24.7. The molecule has 2 rings (SSSR count). The third-order valence-electron chi connectivity index (χ3n) is 5.68. The quantitative estimate of drug-likeness (QED) is 0.0945. The Morgan fingerprint density at radius 2 is 0.953 bits per heavy atom. The number of benzene rings is 2. The topological polar surface area (TPSA) is 133 Å². The monoisotopic (exact) mass is 642 g/mol. The van der Waals surface area contributed by atoms with Gasteiger partial charge in [-0.1, -0.05) is 47.5 Å². The summed E-state index contributed by atoms with van der Waals surface area (Å²) in [7, 11) is -7.92. The van der Waals surface area contributed by atoms with E-state index in [1.165, 1.54) is 24.3 Å². The molecule has 2 aromatic carbocycles. The Morgan fingerprint density at radius 3 is 1.30 bits per heavy atom. The molecule has 13 heteroatoms. The Balaban J connectivity index is 1.76. The first-order valence-electron chi connectivity index (χ1n) is 13.7. The minimum absolute atomic E-state index is 0.0542. The molecule has 0 aliphatic carbocycles. The van der Waals surface area contributed by atoms with Gasteiger partial charge in [0.1, 0.15) is 12.2 Å². The molecule has 0 amide bonds. The van der Waals surface area contributed by atoms with Gasteiger partial charge in [0, 0.05) is 0 Å². The van der Waals surface area contributed by atoms with E-state index in [-0.39, 0.29) is 75.9 Å². The molecule has 0 radical (unpaired) electrons. The van der Waals surface area contributed by atoms with Crippen LogP contribution in [0.5, 0.6) is 0 Å². The predicted octanol–water partition coefficient (Wildman–Crippen LogP) is 3.61. The van der Waals surface area contributed by atoms with Crippen molar-refractivity contribution in [3.8, 4) is 0 Å². The Labute approximate surface area is 255 Å². The summed E-state index contributed by atoms with van der Waals surface area (Å²) in [6.07, 6.45) is 1.81. The van der Waals surface area contributed by atoms with Gasteiger partial charge >= 0.3 is 0 Å². The highest BCUT2D eigenvalue weighted by molar-refractivity contribution is 7.87. The zero-order valence-corrected chi connectivity index (χ0v) is 26.4. The van der Waals surface area contributed by atoms with Gasteiger partial charge in [0.05, 0.1) is 75.9 Å². The van der Waals surface area contributed by atoms with E-state index >= 15 is 0 Å². The summed E-state index contributed by atoms with van der Waals surface area (Å²) in [4.78, 5) is 0.108. The van der Waals surface area contributed by atoms with Crippen molar-refractivity contribution in [2.45, 2.75) is 35.8 Å². The highest BCUT2D eigenvalue weighted by Crippen LogP contribution is 2.15. The van der Waals surface area contributed by atoms with Crippen LogP contribution in [0.3, 0.4) is 0 Å². The van der Waals surface area contributed by atoms with E-state index < -0.39 is 32.4 Å². The van der Waals surface area contributed by atoms with Crippen LogP contribution in [0.4, 0.5) is 0 Å². The van der Waals surface area contributed by atoms with E-state index in [0.717, 1.165) is 11.1 Å². The second kappa shape index (κ2) is 19.7. The molecule has 0 N–H and O–H groups in total. The smallest absolute Gasteiger partial charge is 0.297 e. The summed E-state index contributed by atoms with van der Waals surface area (Å²) in [6, 6.07) is 12.7. The SMILES string of the molecule is C=CCOC[C@H](COS(=O)(=O)c1ccc(C)cc1)OCCOCCO[C@H](COCC=C)COS(=O)(=O)c1ccc(C)cc1. The van der Waals surface area contributed by atoms with Crippen molar-refractivity contribution < 1.29 is 48.9 Å². The first-order valence-corrected chi connectivity index (χ1v) is 16.5. The van der Waals surface area contributed by atoms with Gasteiger partial charge < -0.3 is 23.7 Å². The van der Waals surface area contributed by atoms with Crippen LogP contribution < -0.4 is 0 Å². The molecule has 43 heavy (non-hydrogen) atoms. The minimum Gasteiger partial charge on any atom is -0.377 e. The molecule has 0 aliphatic heterocycles. The fourth-order valence-corrected chi connectivity index (χ4v) is 5.25. The van der Waals surface area contributed by atoms with Crippen LogP contribution in [0.15, 0.2) is 83.6 Å². The molecule has 0 heterocycles. The van der Waals surface area contributed by atoms with E-state index in [0.29, 0.717) is 0 Å². The van der Waals surface area contributed by atoms with Gasteiger partial charge in [-0.2, -0.15) is 16.8 Å². The molecule has 2 atom stereocenters. The maximum atomic E-state index is 12.5. The fraction of sp³-hybridized carbons (Fsp3) is 0.467. The lowest BCUT2D eigenvalue weighted by molar-refractivity contribution is -0.0694. The highest BCUT2D eigenvalue weighted by Gasteiger charge is 2.21. The second-order valence-electron chi connectivity index (χ2n) is 9.35. The van der Waals surface area contributed by atoms with Gasteiger partial charge in [-0.25, -0.2) is 0 Å². The molecule has 0 aliphatic rings. The summed E-state index contributed by atoms with van der Waals surface area (Å²) in [5.74, 6) is 0. The molecule has 0 unspecified atom stereocenters. The van der Waals surface area contributed by atoms with E-state index in [9.17, 15) is 16.8 Å². The number of hydrogen-bond acceptors (Lipinski definition) is 11. The molecule has 240 valence electrons. The van der Waals surface area contributed by atoms with E-state index in [1.54, 1.807) is 36.4 Å². The van der Waals surface area contributed by atoms with Gasteiger partial charge in [-0.3, -0.25) is 8.37 Å². The Kier molecular flexibility index (Phi) is 16.9. The Morgan fingerprint density at radius 1 is 0.581 bits per heavy atom. The highest BCUT2D eigenvalue weighted by atomic mass is 32.2. The van der Waals surface area contributed by atoms with Gasteiger partial charge in [0.25, 0.3) is 20.2 Å². The number of ether oxygens (including phenoxy) is 5. The van der Waals surface area contributed by atoms with Crippen molar-refractivity contribution in [2.75, 3.05) is 66.1 Å². The van der Waals surface area contributed by atoms with Gasteiger partial charge in [-0.15, -0.1) is 13.2 Å². The maximum Gasteiger partial charge on any atom is 0.297 e. The lowest BCUT2D eigenvalue weighted by Crippen LogP contribution is -2.30. The lowest BCUT2D eigenvalue weighted by Gasteiger charge is -2.19. The average Bonchev–Trinajstić information content (AvgIpc) is 2.98. The van der Waals surface area contributed by atoms with Gasteiger partial charge in [-0.05, 0) is 38.1 Å². The van der Waals surface area contributed by atoms with Crippen molar-refractivity contribution in [2.24, 2.45) is 0 Å². The summed E-state index contributed by atoms with van der Waals surface area (Å²) >= 11 is 0. The van der Waals surface area contributed by atoms with Crippen molar-refractivity contribution >= 4 is 20.2 Å². The van der Waals surface area contributed by atoms with Crippen LogP contribution in [0, 0.1) is 13.8 Å². The normalized spacial score (nSPS) is 13.4. The number of rotatable bonds is 24. The maximum absolute atomic E-state index is 12.5. The average molecular weight is 643 g/mol. The van der Waals surface area contributed by atoms with Crippen LogP contribution in [0.1, 0.15) is 11.1 Å². The zero-order chi connectivity index (χ0) is 31.6. The molecular formula is C30H42O11S2. The van der Waals surface area contributed by atoms with E-state index in [2.05, 4.69) is 13.2 Å². The summed E-state index contributed by atoms with van der Waals surface area (Å²) in [6.45, 7) is 11.8. The van der Waals surface area contributed by atoms with Crippen LogP contribution in [0.2, 0.25) is 0 Å². The minimum atomic E-state index is -3.96. The molecule has 0 saturated heterocycles. The van der Waals surface area contributed by atoms with Gasteiger partial charge in [0.2, 0.25) is 0 Å². The first kappa shape index (κ1) is 36.7. The first-order chi connectivity index (χ1) is 20.6. The van der Waals surface area contributed by atoms with Gasteiger partial charge in [0.15, 0.2) is 0 Å². The second-order valence-corrected chi connectivity index (χ2v) is 12.6. The molecule has 0 bridgehead atoms. The van der Waals surface area contributed by atoms with Crippen molar-refractivity contribution in [1.82, 2.24) is 0 Å². The van der Waals surface area contributed by atoms with Crippen LogP contribution >= 0.6 is 0 Å². The summed E-state index contributed by atoms with van der Waals surface area (Å²) in [5.41, 5.74) is 1.86. The van der Waals surface area contributed by atoms with Crippen LogP contribution in [-0.2, 0) is 52.3 Å². The Bertz CT molecular complexity index is 1190. The largest absolute Gasteiger partial charge is 0.377 e. The molecule has 0 fully saturated rings.